The van der Waals surface area contributed by atoms with Crippen molar-refractivity contribution in [1.82, 2.24) is 10.6 Å². The highest BCUT2D eigenvalue weighted by Crippen LogP contribution is 2.38. The van der Waals surface area contributed by atoms with E-state index in [1.165, 1.54) is 0 Å². The summed E-state index contributed by atoms with van der Waals surface area (Å²) in [5.74, 6) is -0.552. The lowest BCUT2D eigenvalue weighted by Gasteiger charge is -2.32. The second-order valence-corrected chi connectivity index (χ2v) is 4.11. The van der Waals surface area contributed by atoms with Gasteiger partial charge in [-0.25, -0.2) is 0 Å². The molecule has 0 bridgehead atoms. The Kier molecular flexibility index (Phi) is 1.62. The molecule has 0 radical (unpaired) electrons. The number of aliphatic imine (C=N–C) groups is 1. The van der Waals surface area contributed by atoms with Crippen LogP contribution in [0.1, 0.15) is 12.8 Å². The Morgan fingerprint density at radius 2 is 1.93 bits per heavy atom. The van der Waals surface area contributed by atoms with Gasteiger partial charge >= 0.3 is 0 Å². The highest BCUT2D eigenvalue weighted by atomic mass is 16.2. The van der Waals surface area contributed by atoms with E-state index in [0.717, 1.165) is 25.9 Å². The van der Waals surface area contributed by atoms with E-state index in [2.05, 4.69) is 15.6 Å². The Morgan fingerprint density at radius 1 is 1.20 bits per heavy atom. The molecule has 78 valence electrons. The number of amides is 2. The predicted molar refractivity (Wildman–Crippen MR) is 53.5 cm³/mol. The van der Waals surface area contributed by atoms with E-state index < -0.39 is 5.54 Å². The van der Waals surface area contributed by atoms with Gasteiger partial charge in [0, 0.05) is 6.21 Å². The zero-order valence-corrected chi connectivity index (χ0v) is 8.17. The van der Waals surface area contributed by atoms with E-state index in [9.17, 15) is 9.59 Å². The van der Waals surface area contributed by atoms with Gasteiger partial charge in [-0.15, -0.1) is 0 Å². The Hall–Kier alpha value is -1.49. The van der Waals surface area contributed by atoms with E-state index >= 15 is 0 Å². The number of piperidine rings is 1. The summed E-state index contributed by atoms with van der Waals surface area (Å²) in [5, 5.41) is 5.56. The molecule has 1 saturated heterocycles. The Bertz CT molecular complexity index is 416. The van der Waals surface area contributed by atoms with Crippen LogP contribution in [0.5, 0.6) is 0 Å². The Morgan fingerprint density at radius 3 is 2.67 bits per heavy atom. The highest BCUT2D eigenvalue weighted by Gasteiger charge is 2.48. The van der Waals surface area contributed by atoms with Gasteiger partial charge in [0.25, 0.3) is 11.8 Å². The maximum absolute atomic E-state index is 11.6. The van der Waals surface area contributed by atoms with E-state index in [1.54, 1.807) is 6.21 Å². The molecule has 3 aliphatic rings. The molecule has 0 aliphatic carbocycles. The molecular weight excluding hydrogens is 194 g/mol. The molecule has 3 aliphatic heterocycles. The minimum Gasteiger partial charge on any atom is -0.317 e. The van der Waals surface area contributed by atoms with Gasteiger partial charge in [-0.3, -0.25) is 19.9 Å². The molecule has 1 spiro atoms. The molecule has 2 amide bonds. The molecule has 3 heterocycles. The van der Waals surface area contributed by atoms with Gasteiger partial charge in [-0.05, 0) is 25.9 Å². The van der Waals surface area contributed by atoms with Gasteiger partial charge in [0.2, 0.25) is 0 Å². The van der Waals surface area contributed by atoms with Crippen molar-refractivity contribution in [1.29, 1.82) is 0 Å². The smallest absolute Gasteiger partial charge is 0.260 e. The predicted octanol–water partition coefficient (Wildman–Crippen LogP) is -0.854. The average Bonchev–Trinajstić information content (AvgIpc) is 2.71. The lowest BCUT2D eigenvalue weighted by molar-refractivity contribution is -0.124. The van der Waals surface area contributed by atoms with Gasteiger partial charge < -0.3 is 5.32 Å². The van der Waals surface area contributed by atoms with Crippen molar-refractivity contribution in [3.63, 3.8) is 0 Å². The number of imide groups is 1. The molecule has 1 fully saturated rings. The van der Waals surface area contributed by atoms with Gasteiger partial charge in [0.15, 0.2) is 0 Å². The van der Waals surface area contributed by atoms with Crippen LogP contribution < -0.4 is 10.6 Å². The number of carbonyl (C=O) groups excluding carboxylic acids is 2. The Balaban J connectivity index is 2.07. The normalized spacial score (nSPS) is 27.5. The summed E-state index contributed by atoms with van der Waals surface area (Å²) in [7, 11) is 0. The Labute approximate surface area is 86.6 Å². The van der Waals surface area contributed by atoms with Crippen LogP contribution in [-0.2, 0) is 9.59 Å². The van der Waals surface area contributed by atoms with E-state index in [4.69, 9.17) is 0 Å². The number of nitrogens with zero attached hydrogens (tertiary/aromatic N) is 1. The number of hydrogen-bond acceptors (Lipinski definition) is 4. The van der Waals surface area contributed by atoms with Crippen molar-refractivity contribution in [2.75, 3.05) is 13.1 Å². The van der Waals surface area contributed by atoms with E-state index in [-0.39, 0.29) is 11.8 Å². The fourth-order valence-electron chi connectivity index (χ4n) is 2.53. The summed E-state index contributed by atoms with van der Waals surface area (Å²) in [6.07, 6.45) is 3.15. The summed E-state index contributed by atoms with van der Waals surface area (Å²) < 4.78 is 0. The van der Waals surface area contributed by atoms with Crippen molar-refractivity contribution < 1.29 is 9.59 Å². The summed E-state index contributed by atoms with van der Waals surface area (Å²) in [6.45, 7) is 1.69. The zero-order chi connectivity index (χ0) is 10.5. The van der Waals surface area contributed by atoms with Crippen LogP contribution in [0.15, 0.2) is 16.1 Å². The average molecular weight is 205 g/mol. The van der Waals surface area contributed by atoms with Crippen molar-refractivity contribution in [2.45, 2.75) is 18.4 Å². The minimum absolute atomic E-state index is 0.255. The highest BCUT2D eigenvalue weighted by molar-refractivity contribution is 6.30. The first-order valence-electron chi connectivity index (χ1n) is 5.09. The second kappa shape index (κ2) is 2.76. The van der Waals surface area contributed by atoms with E-state index in [0.29, 0.717) is 11.1 Å². The first-order valence-corrected chi connectivity index (χ1v) is 5.09. The van der Waals surface area contributed by atoms with Crippen molar-refractivity contribution in [3.05, 3.63) is 11.1 Å². The van der Waals surface area contributed by atoms with Crippen molar-refractivity contribution >= 4 is 18.0 Å². The third kappa shape index (κ3) is 1.04. The van der Waals surface area contributed by atoms with Crippen LogP contribution in [0.2, 0.25) is 0 Å². The van der Waals surface area contributed by atoms with Crippen LogP contribution in [0.4, 0.5) is 0 Å². The fraction of sp³-hybridized carbons (Fsp3) is 0.500. The largest absolute Gasteiger partial charge is 0.317 e. The van der Waals surface area contributed by atoms with Crippen LogP contribution in [0.25, 0.3) is 0 Å². The number of fused-ring (bicyclic) bond motifs is 1. The summed E-state index contributed by atoms with van der Waals surface area (Å²) in [6, 6.07) is 0. The van der Waals surface area contributed by atoms with Crippen molar-refractivity contribution in [3.8, 4) is 0 Å². The first-order chi connectivity index (χ1) is 7.23. The number of carbonyl (C=O) groups is 2. The molecule has 15 heavy (non-hydrogen) atoms. The molecule has 0 unspecified atom stereocenters. The summed E-state index contributed by atoms with van der Waals surface area (Å²) >= 11 is 0. The van der Waals surface area contributed by atoms with Gasteiger partial charge in [0.05, 0.1) is 16.7 Å². The summed E-state index contributed by atoms with van der Waals surface area (Å²) in [4.78, 5) is 27.4. The first kappa shape index (κ1) is 8.79. The fourth-order valence-corrected chi connectivity index (χ4v) is 2.53. The van der Waals surface area contributed by atoms with Crippen LogP contribution in [-0.4, -0.2) is 36.7 Å². The van der Waals surface area contributed by atoms with Crippen molar-refractivity contribution in [2.24, 2.45) is 4.99 Å². The van der Waals surface area contributed by atoms with Gasteiger partial charge in [-0.1, -0.05) is 0 Å². The molecule has 0 saturated carbocycles. The third-order valence-corrected chi connectivity index (χ3v) is 3.30. The van der Waals surface area contributed by atoms with Crippen LogP contribution in [0.3, 0.4) is 0 Å². The number of nitrogens with one attached hydrogen (secondary N) is 2. The SMILES string of the molecule is O=C1NC(=O)C2=C1C=NC21CCNCC1. The summed E-state index contributed by atoms with van der Waals surface area (Å²) in [5.41, 5.74) is 0.646. The topological polar surface area (TPSA) is 70.6 Å². The standard InChI is InChI=1S/C10H11N3O2/c14-8-6-5-12-10(1-3-11-4-2-10)7(6)9(15)13-8/h5,11H,1-4H2,(H,13,14,15). The molecule has 0 aromatic heterocycles. The molecule has 2 N–H and O–H groups in total. The molecule has 5 heteroatoms. The number of rotatable bonds is 0. The van der Waals surface area contributed by atoms with Crippen LogP contribution in [0, 0.1) is 0 Å². The minimum atomic E-state index is -0.420. The van der Waals surface area contributed by atoms with Crippen LogP contribution >= 0.6 is 0 Å². The molecule has 0 aromatic carbocycles. The maximum atomic E-state index is 11.6. The molecular formula is C10H11N3O2. The lowest BCUT2D eigenvalue weighted by Crippen LogP contribution is -2.43. The maximum Gasteiger partial charge on any atom is 0.260 e. The van der Waals surface area contributed by atoms with E-state index in [1.807, 2.05) is 0 Å². The molecule has 0 aromatic rings. The monoisotopic (exact) mass is 205 g/mol. The second-order valence-electron chi connectivity index (χ2n) is 4.11. The lowest BCUT2D eigenvalue weighted by atomic mass is 9.82. The third-order valence-electron chi connectivity index (χ3n) is 3.30. The molecule has 3 rings (SSSR count). The van der Waals surface area contributed by atoms with Gasteiger partial charge in [-0.2, -0.15) is 0 Å². The molecule has 0 atom stereocenters. The number of hydrogen-bond donors (Lipinski definition) is 2. The molecule has 5 nitrogen and oxygen atoms in total. The zero-order valence-electron chi connectivity index (χ0n) is 8.17. The van der Waals surface area contributed by atoms with Gasteiger partial charge in [0.1, 0.15) is 0 Å². The quantitative estimate of drug-likeness (QED) is 0.506.